The van der Waals surface area contributed by atoms with Crippen LogP contribution in [0.25, 0.3) is 0 Å². The first-order chi connectivity index (χ1) is 8.17. The lowest BCUT2D eigenvalue weighted by molar-refractivity contribution is 0.0626. The van der Waals surface area contributed by atoms with Crippen molar-refractivity contribution >= 4 is 0 Å². The van der Waals surface area contributed by atoms with Gasteiger partial charge in [-0.3, -0.25) is 0 Å². The van der Waals surface area contributed by atoms with Crippen LogP contribution in [0.4, 0.5) is 0 Å². The summed E-state index contributed by atoms with van der Waals surface area (Å²) >= 11 is 0. The summed E-state index contributed by atoms with van der Waals surface area (Å²) in [7, 11) is 1.95. The highest BCUT2D eigenvalue weighted by Crippen LogP contribution is 2.18. The Morgan fingerprint density at radius 3 is 2.29 bits per heavy atom. The largest absolute Gasteiger partial charge is 0.494 e. The summed E-state index contributed by atoms with van der Waals surface area (Å²) < 4.78 is 11.1. The van der Waals surface area contributed by atoms with Gasteiger partial charge in [0.05, 0.1) is 25.4 Å². The van der Waals surface area contributed by atoms with Crippen LogP contribution in [0, 0.1) is 0 Å². The van der Waals surface area contributed by atoms with Gasteiger partial charge < -0.3 is 14.8 Å². The second kappa shape index (κ2) is 7.30. The second-order valence-corrected chi connectivity index (χ2v) is 4.23. The molecule has 3 nitrogen and oxygen atoms in total. The van der Waals surface area contributed by atoms with Crippen LogP contribution in [0.2, 0.25) is 0 Å². The van der Waals surface area contributed by atoms with E-state index in [9.17, 15) is 0 Å². The van der Waals surface area contributed by atoms with Crippen molar-refractivity contribution in [3.05, 3.63) is 29.8 Å². The molecule has 0 saturated heterocycles. The molecule has 0 aliphatic rings. The highest BCUT2D eigenvalue weighted by molar-refractivity contribution is 5.29. The molecule has 0 bridgehead atoms. The fourth-order valence-corrected chi connectivity index (χ4v) is 1.60. The highest BCUT2D eigenvalue weighted by Gasteiger charge is 2.10. The average molecular weight is 237 g/mol. The predicted octanol–water partition coefficient (Wildman–Crippen LogP) is 2.77. The summed E-state index contributed by atoms with van der Waals surface area (Å²) in [5.41, 5.74) is 1.22. The second-order valence-electron chi connectivity index (χ2n) is 4.23. The highest BCUT2D eigenvalue weighted by atomic mass is 16.5. The van der Waals surface area contributed by atoms with Crippen LogP contribution >= 0.6 is 0 Å². The predicted molar refractivity (Wildman–Crippen MR) is 70.5 cm³/mol. The van der Waals surface area contributed by atoms with Gasteiger partial charge in [-0.25, -0.2) is 0 Å². The third-order valence-electron chi connectivity index (χ3n) is 2.54. The number of benzene rings is 1. The summed E-state index contributed by atoms with van der Waals surface area (Å²) in [6, 6.07) is 8.39. The van der Waals surface area contributed by atoms with Crippen LogP contribution in [0.15, 0.2) is 24.3 Å². The standard InChI is InChI=1S/C14H23NO2/c1-5-16-13-8-6-12(7-9-13)14(15-4)10-17-11(2)3/h6-9,11,14-15H,5,10H2,1-4H3. The first kappa shape index (κ1) is 14.0. The molecule has 0 aromatic heterocycles. The van der Waals surface area contributed by atoms with Crippen molar-refractivity contribution in [2.24, 2.45) is 0 Å². The maximum absolute atomic E-state index is 5.63. The zero-order valence-corrected chi connectivity index (χ0v) is 11.2. The molecule has 0 aliphatic carbocycles. The van der Waals surface area contributed by atoms with E-state index in [4.69, 9.17) is 9.47 Å². The van der Waals surface area contributed by atoms with Crippen molar-refractivity contribution in [3.8, 4) is 5.75 Å². The summed E-state index contributed by atoms with van der Waals surface area (Å²) in [4.78, 5) is 0. The average Bonchev–Trinajstić information content (AvgIpc) is 2.32. The minimum absolute atomic E-state index is 0.230. The van der Waals surface area contributed by atoms with Gasteiger partial charge in [-0.05, 0) is 45.5 Å². The lowest BCUT2D eigenvalue weighted by Crippen LogP contribution is -2.23. The SMILES string of the molecule is CCOc1ccc(C(COC(C)C)NC)cc1. The number of hydrogen-bond donors (Lipinski definition) is 1. The Balaban J connectivity index is 2.61. The Bertz CT molecular complexity index is 309. The van der Waals surface area contributed by atoms with Crippen molar-refractivity contribution in [3.63, 3.8) is 0 Å². The van der Waals surface area contributed by atoms with E-state index in [1.807, 2.05) is 40.0 Å². The monoisotopic (exact) mass is 237 g/mol. The normalized spacial score (nSPS) is 12.8. The minimum Gasteiger partial charge on any atom is -0.494 e. The molecule has 1 rings (SSSR count). The molecule has 0 spiro atoms. The number of likely N-dealkylation sites (N-methyl/N-ethyl adjacent to an activating group) is 1. The molecule has 0 saturated carbocycles. The van der Waals surface area contributed by atoms with Gasteiger partial charge in [-0.15, -0.1) is 0 Å². The van der Waals surface area contributed by atoms with E-state index in [1.54, 1.807) is 0 Å². The number of nitrogens with one attached hydrogen (secondary N) is 1. The molecular formula is C14H23NO2. The van der Waals surface area contributed by atoms with Crippen LogP contribution < -0.4 is 10.1 Å². The maximum atomic E-state index is 5.63. The van der Waals surface area contributed by atoms with Gasteiger partial charge in [-0.2, -0.15) is 0 Å². The Morgan fingerprint density at radius 1 is 1.18 bits per heavy atom. The molecule has 1 aromatic rings. The van der Waals surface area contributed by atoms with Gasteiger partial charge >= 0.3 is 0 Å². The van der Waals surface area contributed by atoms with E-state index in [-0.39, 0.29) is 12.1 Å². The first-order valence-electron chi connectivity index (χ1n) is 6.19. The zero-order chi connectivity index (χ0) is 12.7. The Hall–Kier alpha value is -1.06. The lowest BCUT2D eigenvalue weighted by Gasteiger charge is -2.18. The van der Waals surface area contributed by atoms with E-state index in [0.29, 0.717) is 13.2 Å². The van der Waals surface area contributed by atoms with E-state index in [1.165, 1.54) is 5.56 Å². The third kappa shape index (κ3) is 4.75. The maximum Gasteiger partial charge on any atom is 0.119 e. The van der Waals surface area contributed by atoms with Crippen molar-refractivity contribution in [1.29, 1.82) is 0 Å². The molecule has 1 N–H and O–H groups in total. The quantitative estimate of drug-likeness (QED) is 0.791. The molecule has 0 fully saturated rings. The van der Waals surface area contributed by atoms with Crippen LogP contribution in [-0.2, 0) is 4.74 Å². The molecular weight excluding hydrogens is 214 g/mol. The zero-order valence-electron chi connectivity index (χ0n) is 11.2. The number of ether oxygens (including phenoxy) is 2. The molecule has 1 atom stereocenters. The van der Waals surface area contributed by atoms with Crippen molar-refractivity contribution in [1.82, 2.24) is 5.32 Å². The van der Waals surface area contributed by atoms with Crippen LogP contribution in [0.1, 0.15) is 32.4 Å². The van der Waals surface area contributed by atoms with Gasteiger partial charge in [-0.1, -0.05) is 12.1 Å². The molecule has 3 heteroatoms. The summed E-state index contributed by atoms with van der Waals surface area (Å²) in [6.07, 6.45) is 0.258. The molecule has 96 valence electrons. The van der Waals surface area contributed by atoms with E-state index in [0.717, 1.165) is 5.75 Å². The molecule has 0 amide bonds. The molecule has 1 aromatic carbocycles. The van der Waals surface area contributed by atoms with E-state index in [2.05, 4.69) is 17.4 Å². The Kier molecular flexibility index (Phi) is 6.01. The van der Waals surface area contributed by atoms with Crippen molar-refractivity contribution in [2.75, 3.05) is 20.3 Å². The smallest absolute Gasteiger partial charge is 0.119 e. The van der Waals surface area contributed by atoms with Crippen LogP contribution in [-0.4, -0.2) is 26.4 Å². The summed E-state index contributed by atoms with van der Waals surface area (Å²) in [6.45, 7) is 7.46. The van der Waals surface area contributed by atoms with E-state index < -0.39 is 0 Å². The molecule has 17 heavy (non-hydrogen) atoms. The number of hydrogen-bond acceptors (Lipinski definition) is 3. The summed E-state index contributed by atoms with van der Waals surface area (Å²) in [5, 5.41) is 3.26. The molecule has 0 radical (unpaired) electrons. The minimum atomic E-state index is 0.230. The van der Waals surface area contributed by atoms with Gasteiger partial charge in [0.1, 0.15) is 5.75 Å². The Morgan fingerprint density at radius 2 is 1.82 bits per heavy atom. The topological polar surface area (TPSA) is 30.5 Å². The first-order valence-corrected chi connectivity index (χ1v) is 6.19. The van der Waals surface area contributed by atoms with Crippen molar-refractivity contribution < 1.29 is 9.47 Å². The Labute approximate surface area is 104 Å². The van der Waals surface area contributed by atoms with Gasteiger partial charge in [0, 0.05) is 0 Å². The van der Waals surface area contributed by atoms with Gasteiger partial charge in [0.15, 0.2) is 0 Å². The molecule has 1 unspecified atom stereocenters. The fourth-order valence-electron chi connectivity index (χ4n) is 1.60. The van der Waals surface area contributed by atoms with Gasteiger partial charge in [0.25, 0.3) is 0 Å². The fraction of sp³-hybridized carbons (Fsp3) is 0.571. The molecule has 0 heterocycles. The van der Waals surface area contributed by atoms with Gasteiger partial charge in [0.2, 0.25) is 0 Å². The van der Waals surface area contributed by atoms with Crippen LogP contribution in [0.3, 0.4) is 0 Å². The third-order valence-corrected chi connectivity index (χ3v) is 2.54. The van der Waals surface area contributed by atoms with E-state index >= 15 is 0 Å². The van der Waals surface area contributed by atoms with Crippen molar-refractivity contribution in [2.45, 2.75) is 32.9 Å². The molecule has 0 aliphatic heterocycles. The summed E-state index contributed by atoms with van der Waals surface area (Å²) in [5.74, 6) is 0.913. The number of rotatable bonds is 7. The van der Waals surface area contributed by atoms with Crippen LogP contribution in [0.5, 0.6) is 5.75 Å². The lowest BCUT2D eigenvalue weighted by atomic mass is 10.1.